The minimum absolute atomic E-state index is 0.957. The number of aryl methyl sites for hydroxylation is 1. The summed E-state index contributed by atoms with van der Waals surface area (Å²) in [5.41, 5.74) is 16.4. The molecule has 283 valence electrons. The summed E-state index contributed by atoms with van der Waals surface area (Å²) < 4.78 is 24.3. The summed E-state index contributed by atoms with van der Waals surface area (Å²) in [6, 6.07) is 56.8. The number of fused-ring (bicyclic) bond motifs is 9. The van der Waals surface area contributed by atoms with Crippen LogP contribution in [0.1, 0.15) is 30.5 Å². The van der Waals surface area contributed by atoms with E-state index in [2.05, 4.69) is 185 Å². The van der Waals surface area contributed by atoms with Gasteiger partial charge in [-0.05, 0) is 110 Å². The number of benzene rings is 7. The Morgan fingerprint density at radius 2 is 1.12 bits per heavy atom. The molecule has 10 rings (SSSR count). The number of nitrogens with zero attached hydrogens (tertiary/aromatic N) is 2. The van der Waals surface area contributed by atoms with E-state index in [1.807, 2.05) is 44.2 Å². The number of hydrogen-bond donors (Lipinski definition) is 2. The number of hydrogen-bond acceptors (Lipinski definition) is 2. The first-order valence-corrected chi connectivity index (χ1v) is 21.3. The molecule has 1 aliphatic rings. The number of thiol groups is 2. The Labute approximate surface area is 351 Å². The Balaban J connectivity index is 0.000000406. The van der Waals surface area contributed by atoms with Crippen LogP contribution in [0.5, 0.6) is 0 Å². The summed E-state index contributed by atoms with van der Waals surface area (Å²) in [5, 5.41) is 5.12. The quantitative estimate of drug-likeness (QED) is 0.0758. The SMILES string of the molecule is C/C=C\C=C/C.Cc1ccc2c(c1)c1ccccc1n2-c1cccc(-c2ccc3c(c2)c2ccccc2n3-c2ccc3c(c2)Cc2c[c-]ccc2-3)c1.SS.[F][V][F]. The van der Waals surface area contributed by atoms with E-state index >= 15 is 0 Å². The molecule has 57 heavy (non-hydrogen) atoms. The van der Waals surface area contributed by atoms with Gasteiger partial charge in [0.05, 0.1) is 22.1 Å². The van der Waals surface area contributed by atoms with Gasteiger partial charge in [0.2, 0.25) is 0 Å². The van der Waals surface area contributed by atoms with Crippen LogP contribution < -0.4 is 0 Å². The van der Waals surface area contributed by atoms with E-state index < -0.39 is 17.3 Å². The second kappa shape index (κ2) is 18.4. The zero-order valence-electron chi connectivity index (χ0n) is 31.9. The minimum atomic E-state index is -2.31. The second-order valence-electron chi connectivity index (χ2n) is 13.7. The van der Waals surface area contributed by atoms with Gasteiger partial charge in [-0.25, -0.2) is 0 Å². The summed E-state index contributed by atoms with van der Waals surface area (Å²) in [5.74, 6) is 0. The van der Waals surface area contributed by atoms with Gasteiger partial charge in [0.1, 0.15) is 0 Å². The zero-order valence-corrected chi connectivity index (χ0v) is 35.1. The van der Waals surface area contributed by atoms with E-state index in [9.17, 15) is 6.82 Å². The maximum atomic E-state index is 9.72. The predicted molar refractivity (Wildman–Crippen MR) is 242 cm³/mol. The van der Waals surface area contributed by atoms with Crippen LogP contribution in [-0.4, -0.2) is 9.13 Å². The fraction of sp³-hybridized carbons (Fsp3) is 0.0800. The molecule has 2 aromatic heterocycles. The average Bonchev–Trinajstić information content (AvgIpc) is 3.91. The van der Waals surface area contributed by atoms with Crippen molar-refractivity contribution in [1.29, 1.82) is 0 Å². The number of rotatable bonds is 4. The molecule has 0 saturated carbocycles. The fourth-order valence-electron chi connectivity index (χ4n) is 8.05. The summed E-state index contributed by atoms with van der Waals surface area (Å²) in [7, 11) is 0. The molecule has 0 fully saturated rings. The van der Waals surface area contributed by atoms with Gasteiger partial charge in [0.25, 0.3) is 0 Å². The maximum absolute atomic E-state index is 9.72. The molecular formula is C50H41F2N2S2V-. The van der Waals surface area contributed by atoms with Crippen molar-refractivity contribution in [3.63, 3.8) is 0 Å². The van der Waals surface area contributed by atoms with Crippen molar-refractivity contribution in [1.82, 2.24) is 9.13 Å². The Kier molecular flexibility index (Phi) is 12.9. The standard InChI is InChI=1S/C44H29N2.C6H10.2FH.H2S2.V/c1-28-17-21-43-39(23-28)37-13-4-6-15-41(37)45(43)33-11-8-10-29(25-33)30-18-22-44-40(27-30)38-14-5-7-16-42(38)46(44)34-19-20-36-32(26-34)24-31-9-2-3-12-35(31)36;1-3-5-6-4-2;;;1-2;/h3-23,25-27H,24H2,1H3;3-6H,1-2H3;2*1H;1-2H;/q-1;;;;;+2/p-2/b;5-3-,6-4-;;;;. The van der Waals surface area contributed by atoms with Gasteiger partial charge >= 0.3 is 24.1 Å². The molecule has 1 aliphatic carbocycles. The van der Waals surface area contributed by atoms with Crippen molar-refractivity contribution >= 4 is 66.9 Å². The van der Waals surface area contributed by atoms with E-state index in [0.29, 0.717) is 0 Å². The molecule has 0 saturated heterocycles. The van der Waals surface area contributed by atoms with Gasteiger partial charge in [-0.3, -0.25) is 0 Å². The molecule has 0 radical (unpaired) electrons. The molecule has 0 aliphatic heterocycles. The molecule has 0 spiro atoms. The first kappa shape index (κ1) is 40.0. The Morgan fingerprint density at radius 3 is 1.79 bits per heavy atom. The first-order chi connectivity index (χ1) is 28.0. The van der Waals surface area contributed by atoms with Gasteiger partial charge in [0.15, 0.2) is 0 Å². The molecule has 2 heterocycles. The Hall–Kier alpha value is -5.24. The number of halogens is 2. The van der Waals surface area contributed by atoms with Crippen molar-refractivity contribution in [3.8, 4) is 33.6 Å². The molecule has 0 bridgehead atoms. The molecule has 0 N–H and O–H groups in total. The van der Waals surface area contributed by atoms with E-state index in [1.54, 1.807) is 0 Å². The zero-order chi connectivity index (χ0) is 39.9. The van der Waals surface area contributed by atoms with Crippen molar-refractivity contribution in [2.75, 3.05) is 0 Å². The van der Waals surface area contributed by atoms with Crippen LogP contribution in [0.3, 0.4) is 0 Å². The molecule has 0 atom stereocenters. The first-order valence-electron chi connectivity index (χ1n) is 18.7. The number of aromatic nitrogens is 2. The van der Waals surface area contributed by atoms with Crippen LogP contribution in [0.25, 0.3) is 77.2 Å². The van der Waals surface area contributed by atoms with Gasteiger partial charge in [0, 0.05) is 32.9 Å². The summed E-state index contributed by atoms with van der Waals surface area (Å²) in [6.07, 6.45) is 8.96. The molecule has 7 aromatic carbocycles. The van der Waals surface area contributed by atoms with Crippen LogP contribution in [-0.2, 0) is 23.7 Å². The molecule has 0 amide bonds. The van der Waals surface area contributed by atoms with Crippen molar-refractivity contribution in [2.45, 2.75) is 27.2 Å². The van der Waals surface area contributed by atoms with Crippen LogP contribution in [0.15, 0.2) is 170 Å². The van der Waals surface area contributed by atoms with E-state index in [-0.39, 0.29) is 0 Å². The van der Waals surface area contributed by atoms with Crippen molar-refractivity contribution < 1.29 is 24.1 Å². The van der Waals surface area contributed by atoms with Crippen LogP contribution in [0, 0.1) is 13.0 Å². The van der Waals surface area contributed by atoms with E-state index in [4.69, 9.17) is 0 Å². The number of para-hydroxylation sites is 2. The van der Waals surface area contributed by atoms with Gasteiger partial charge < -0.3 is 9.13 Å². The second-order valence-corrected chi connectivity index (χ2v) is 13.9. The third kappa shape index (κ3) is 7.88. The molecule has 9 aromatic rings. The normalized spacial score (nSPS) is 11.6. The summed E-state index contributed by atoms with van der Waals surface area (Å²) in [6.45, 7) is 6.17. The topological polar surface area (TPSA) is 9.86 Å². The van der Waals surface area contributed by atoms with Crippen LogP contribution >= 0.6 is 23.3 Å². The fourth-order valence-corrected chi connectivity index (χ4v) is 8.05. The average molecular weight is 823 g/mol. The Morgan fingerprint density at radius 1 is 0.561 bits per heavy atom. The van der Waals surface area contributed by atoms with Crippen molar-refractivity contribution in [2.24, 2.45) is 0 Å². The van der Waals surface area contributed by atoms with E-state index in [0.717, 1.165) is 6.42 Å². The summed E-state index contributed by atoms with van der Waals surface area (Å²) in [4.78, 5) is 0. The van der Waals surface area contributed by atoms with Gasteiger partial charge in [-0.1, -0.05) is 96.6 Å². The van der Waals surface area contributed by atoms with Crippen LogP contribution in [0.2, 0.25) is 0 Å². The number of allylic oxidation sites excluding steroid dienone is 4. The molecule has 2 nitrogen and oxygen atoms in total. The van der Waals surface area contributed by atoms with Gasteiger partial charge in [-0.15, -0.1) is 34.4 Å². The molecule has 7 heteroatoms. The molecule has 0 unspecified atom stereocenters. The third-order valence-electron chi connectivity index (χ3n) is 10.4. The van der Waals surface area contributed by atoms with Gasteiger partial charge in [-0.2, -0.15) is 24.3 Å². The monoisotopic (exact) mass is 822 g/mol. The van der Waals surface area contributed by atoms with Crippen LogP contribution in [0.4, 0.5) is 6.82 Å². The molecular weight excluding hydrogens is 782 g/mol. The third-order valence-corrected chi connectivity index (χ3v) is 10.4. The Bertz CT molecular complexity index is 2900. The van der Waals surface area contributed by atoms with E-state index in [1.165, 1.54) is 93.9 Å². The summed E-state index contributed by atoms with van der Waals surface area (Å²) >= 11 is 4.13. The van der Waals surface area contributed by atoms with Crippen molar-refractivity contribution in [3.05, 3.63) is 193 Å². The predicted octanol–water partition coefficient (Wildman–Crippen LogP) is 15.0.